The van der Waals surface area contributed by atoms with Crippen molar-refractivity contribution in [2.45, 2.75) is 12.8 Å². The Bertz CT molecular complexity index is 842. The lowest BCUT2D eigenvalue weighted by atomic mass is 10.0. The number of hydrogen-bond donors (Lipinski definition) is 1. The van der Waals surface area contributed by atoms with Gasteiger partial charge in [-0.3, -0.25) is 9.59 Å². The number of carbonyl (C=O) groups excluding carboxylic acids is 2. The Labute approximate surface area is 164 Å². The molecule has 0 bridgehead atoms. The minimum atomic E-state index is -0.910. The Morgan fingerprint density at radius 2 is 1.75 bits per heavy atom. The molecular formula is C21H24N4O3. The van der Waals surface area contributed by atoms with Crippen molar-refractivity contribution in [2.75, 3.05) is 43.5 Å². The number of pyridine rings is 1. The molecule has 146 valence electrons. The fourth-order valence-electron chi connectivity index (χ4n) is 3.57. The first kappa shape index (κ1) is 18.3. The lowest BCUT2D eigenvalue weighted by molar-refractivity contribution is -0.142. The number of hydrogen-bond acceptors (Lipinski definition) is 5. The van der Waals surface area contributed by atoms with Gasteiger partial charge in [0.1, 0.15) is 17.0 Å². The molecule has 1 aromatic carbocycles. The molecule has 1 aliphatic heterocycles. The highest BCUT2D eigenvalue weighted by atomic mass is 16.5. The Hall–Kier alpha value is -3.09. The molecule has 0 atom stereocenters. The van der Waals surface area contributed by atoms with E-state index in [0.29, 0.717) is 31.6 Å². The summed E-state index contributed by atoms with van der Waals surface area (Å²) in [5.74, 6) is 1.38. The van der Waals surface area contributed by atoms with Gasteiger partial charge in [0, 0.05) is 38.1 Å². The first-order valence-electron chi connectivity index (χ1n) is 9.53. The molecular weight excluding hydrogens is 356 g/mol. The molecule has 2 fully saturated rings. The highest BCUT2D eigenvalue weighted by Crippen LogP contribution is 2.48. The number of ether oxygens (including phenoxy) is 1. The van der Waals surface area contributed by atoms with Crippen molar-refractivity contribution in [1.29, 1.82) is 0 Å². The lowest BCUT2D eigenvalue weighted by Crippen LogP contribution is -2.52. The van der Waals surface area contributed by atoms with Crippen LogP contribution in [0.1, 0.15) is 12.8 Å². The van der Waals surface area contributed by atoms with E-state index < -0.39 is 5.41 Å². The van der Waals surface area contributed by atoms with Crippen LogP contribution in [0.15, 0.2) is 48.7 Å². The molecule has 2 aromatic rings. The lowest BCUT2D eigenvalue weighted by Gasteiger charge is -2.36. The molecule has 7 nitrogen and oxygen atoms in total. The maximum Gasteiger partial charge on any atom is 0.240 e. The average molecular weight is 380 g/mol. The van der Waals surface area contributed by atoms with Crippen LogP contribution in [0, 0.1) is 5.41 Å². The molecule has 4 rings (SSSR count). The van der Waals surface area contributed by atoms with Crippen LogP contribution in [0.3, 0.4) is 0 Å². The third kappa shape index (κ3) is 3.52. The van der Waals surface area contributed by atoms with E-state index in [-0.39, 0.29) is 11.8 Å². The number of rotatable bonds is 5. The Kier molecular flexibility index (Phi) is 4.90. The Morgan fingerprint density at radius 1 is 1.04 bits per heavy atom. The number of nitrogens with zero attached hydrogens (tertiary/aromatic N) is 3. The van der Waals surface area contributed by atoms with Crippen LogP contribution in [0.25, 0.3) is 0 Å². The molecule has 1 N–H and O–H groups in total. The zero-order chi connectivity index (χ0) is 19.6. The molecule has 28 heavy (non-hydrogen) atoms. The second-order valence-electron chi connectivity index (χ2n) is 7.23. The summed E-state index contributed by atoms with van der Waals surface area (Å²) in [4.78, 5) is 34.2. The van der Waals surface area contributed by atoms with Crippen molar-refractivity contribution in [3.63, 3.8) is 0 Å². The number of aromatic nitrogens is 1. The predicted molar refractivity (Wildman–Crippen MR) is 106 cm³/mol. The highest BCUT2D eigenvalue weighted by Gasteiger charge is 2.58. The van der Waals surface area contributed by atoms with E-state index in [1.165, 1.54) is 0 Å². The third-order valence-corrected chi connectivity index (χ3v) is 5.48. The normalized spacial score (nSPS) is 17.8. The van der Waals surface area contributed by atoms with Crippen molar-refractivity contribution >= 4 is 23.3 Å². The number of amides is 2. The van der Waals surface area contributed by atoms with E-state index in [4.69, 9.17) is 4.74 Å². The van der Waals surface area contributed by atoms with Gasteiger partial charge in [0.15, 0.2) is 0 Å². The van der Waals surface area contributed by atoms with Gasteiger partial charge >= 0.3 is 0 Å². The first-order chi connectivity index (χ1) is 13.6. The number of carbonyl (C=O) groups is 2. The average Bonchev–Trinajstić information content (AvgIpc) is 3.57. The fraction of sp³-hybridized carbons (Fsp3) is 0.381. The van der Waals surface area contributed by atoms with Crippen LogP contribution in [-0.4, -0.2) is 55.0 Å². The molecule has 1 saturated carbocycles. The van der Waals surface area contributed by atoms with Crippen LogP contribution in [-0.2, 0) is 9.59 Å². The van der Waals surface area contributed by atoms with Gasteiger partial charge in [-0.1, -0.05) is 6.07 Å². The van der Waals surface area contributed by atoms with Gasteiger partial charge in [0.25, 0.3) is 0 Å². The molecule has 2 aliphatic rings. The van der Waals surface area contributed by atoms with Gasteiger partial charge in [-0.2, -0.15) is 0 Å². The van der Waals surface area contributed by atoms with E-state index in [1.807, 2.05) is 23.1 Å². The standard InChI is InChI=1S/C21H24N4O3/c1-28-17-7-5-16(6-8-17)23-19(26)21(9-10-21)20(27)25-14-12-24(13-15-25)18-4-2-3-11-22-18/h2-8,11H,9-10,12-15H2,1H3,(H,23,26). The Morgan fingerprint density at radius 3 is 2.32 bits per heavy atom. The summed E-state index contributed by atoms with van der Waals surface area (Å²) in [5, 5.41) is 2.89. The minimum Gasteiger partial charge on any atom is -0.497 e. The zero-order valence-electron chi connectivity index (χ0n) is 15.9. The van der Waals surface area contributed by atoms with Crippen molar-refractivity contribution < 1.29 is 14.3 Å². The fourth-order valence-corrected chi connectivity index (χ4v) is 3.57. The largest absolute Gasteiger partial charge is 0.497 e. The first-order valence-corrected chi connectivity index (χ1v) is 9.53. The predicted octanol–water partition coefficient (Wildman–Crippen LogP) is 2.16. The number of piperazine rings is 1. The zero-order valence-corrected chi connectivity index (χ0v) is 15.9. The molecule has 1 aromatic heterocycles. The molecule has 7 heteroatoms. The quantitative estimate of drug-likeness (QED) is 0.805. The van der Waals surface area contributed by atoms with Crippen molar-refractivity contribution in [3.05, 3.63) is 48.7 Å². The van der Waals surface area contributed by atoms with Gasteiger partial charge in [-0.25, -0.2) is 4.98 Å². The van der Waals surface area contributed by atoms with Crippen molar-refractivity contribution in [2.24, 2.45) is 5.41 Å². The molecule has 1 aliphatic carbocycles. The van der Waals surface area contributed by atoms with Gasteiger partial charge in [-0.05, 0) is 49.2 Å². The van der Waals surface area contributed by atoms with Crippen molar-refractivity contribution in [1.82, 2.24) is 9.88 Å². The Balaban J connectivity index is 1.37. The van der Waals surface area contributed by atoms with Crippen LogP contribution in [0.2, 0.25) is 0 Å². The summed E-state index contributed by atoms with van der Waals surface area (Å²) >= 11 is 0. The molecule has 0 unspecified atom stereocenters. The number of methoxy groups -OCH3 is 1. The smallest absolute Gasteiger partial charge is 0.240 e. The minimum absolute atomic E-state index is 0.0563. The molecule has 2 heterocycles. The topological polar surface area (TPSA) is 74.8 Å². The van der Waals surface area contributed by atoms with Crippen LogP contribution < -0.4 is 15.0 Å². The monoisotopic (exact) mass is 380 g/mol. The van der Waals surface area contributed by atoms with Gasteiger partial charge in [0.2, 0.25) is 11.8 Å². The van der Waals surface area contributed by atoms with E-state index in [1.54, 1.807) is 37.6 Å². The summed E-state index contributed by atoms with van der Waals surface area (Å²) < 4.78 is 5.13. The SMILES string of the molecule is COc1ccc(NC(=O)C2(C(=O)N3CCN(c4ccccn4)CC3)CC2)cc1. The maximum absolute atomic E-state index is 13.1. The summed E-state index contributed by atoms with van der Waals surface area (Å²) in [7, 11) is 1.60. The second-order valence-corrected chi connectivity index (χ2v) is 7.23. The van der Waals surface area contributed by atoms with E-state index in [9.17, 15) is 9.59 Å². The summed E-state index contributed by atoms with van der Waals surface area (Å²) in [6.07, 6.45) is 2.98. The van der Waals surface area contributed by atoms with E-state index in [0.717, 1.165) is 24.7 Å². The van der Waals surface area contributed by atoms with Gasteiger partial charge in [-0.15, -0.1) is 0 Å². The summed E-state index contributed by atoms with van der Waals surface area (Å²) in [6, 6.07) is 13.0. The molecule has 0 spiro atoms. The van der Waals surface area contributed by atoms with Gasteiger partial charge < -0.3 is 19.9 Å². The van der Waals surface area contributed by atoms with Gasteiger partial charge in [0.05, 0.1) is 7.11 Å². The van der Waals surface area contributed by atoms with E-state index in [2.05, 4.69) is 15.2 Å². The number of benzene rings is 1. The summed E-state index contributed by atoms with van der Waals surface area (Å²) in [5.41, 5.74) is -0.238. The molecule has 0 radical (unpaired) electrons. The van der Waals surface area contributed by atoms with Crippen LogP contribution in [0.5, 0.6) is 5.75 Å². The second kappa shape index (κ2) is 7.50. The third-order valence-electron chi connectivity index (χ3n) is 5.48. The summed E-state index contributed by atoms with van der Waals surface area (Å²) in [6.45, 7) is 2.65. The highest BCUT2D eigenvalue weighted by molar-refractivity contribution is 6.13. The molecule has 1 saturated heterocycles. The number of anilines is 2. The van der Waals surface area contributed by atoms with E-state index >= 15 is 0 Å². The van der Waals surface area contributed by atoms with Crippen LogP contribution >= 0.6 is 0 Å². The maximum atomic E-state index is 13.1. The van der Waals surface area contributed by atoms with Crippen molar-refractivity contribution in [3.8, 4) is 5.75 Å². The number of nitrogens with one attached hydrogen (secondary N) is 1. The molecule has 2 amide bonds. The van der Waals surface area contributed by atoms with Crippen LogP contribution in [0.4, 0.5) is 11.5 Å².